The van der Waals surface area contributed by atoms with Crippen molar-refractivity contribution in [3.05, 3.63) is 24.0 Å². The Morgan fingerprint density at radius 1 is 1.15 bits per heavy atom. The maximum absolute atomic E-state index is 12.0. The number of ether oxygens (including phenoxy) is 1. The van der Waals surface area contributed by atoms with Gasteiger partial charge < -0.3 is 19.4 Å². The summed E-state index contributed by atoms with van der Waals surface area (Å²) in [7, 11) is 0.791. The van der Waals surface area contributed by atoms with Crippen molar-refractivity contribution in [1.29, 1.82) is 0 Å². The first-order valence-corrected chi connectivity index (χ1v) is 9.24. The van der Waals surface area contributed by atoms with Gasteiger partial charge in [-0.15, -0.1) is 0 Å². The Morgan fingerprint density at radius 3 is 2.15 bits per heavy atom. The Bertz CT molecular complexity index is 615. The molecule has 1 aromatic rings. The minimum absolute atomic E-state index is 0.119. The highest BCUT2D eigenvalue weighted by Crippen LogP contribution is 2.36. The zero-order valence-electron chi connectivity index (χ0n) is 17.4. The molecule has 27 heavy (non-hydrogen) atoms. The molecule has 1 aromatic heterocycles. The van der Waals surface area contributed by atoms with Crippen LogP contribution >= 0.6 is 0 Å². The molecule has 0 unspecified atom stereocenters. The van der Waals surface area contributed by atoms with E-state index in [-0.39, 0.29) is 30.5 Å². The van der Waals surface area contributed by atoms with Crippen molar-refractivity contribution in [3.8, 4) is 0 Å². The number of hydrogen-bond donors (Lipinski definition) is 1. The summed E-state index contributed by atoms with van der Waals surface area (Å²) in [6, 6.07) is 3.36. The molecule has 0 atom stereocenters. The molecule has 1 saturated heterocycles. The van der Waals surface area contributed by atoms with Crippen molar-refractivity contribution in [3.63, 3.8) is 0 Å². The first kappa shape index (κ1) is 23.1. The summed E-state index contributed by atoms with van der Waals surface area (Å²) in [6.45, 7) is 12.4. The number of carbonyl (C=O) groups is 2. The van der Waals surface area contributed by atoms with Gasteiger partial charge in [0.1, 0.15) is 5.69 Å². The van der Waals surface area contributed by atoms with E-state index in [1.54, 1.807) is 18.3 Å². The maximum Gasteiger partial charge on any atom is 0.496 e. The van der Waals surface area contributed by atoms with Crippen molar-refractivity contribution < 1.29 is 23.6 Å². The summed E-state index contributed by atoms with van der Waals surface area (Å²) in [4.78, 5) is 27.1. The molecule has 0 aliphatic carbocycles. The van der Waals surface area contributed by atoms with Gasteiger partial charge in [-0.3, -0.25) is 14.6 Å². The lowest BCUT2D eigenvalue weighted by Crippen LogP contribution is -2.41. The Morgan fingerprint density at radius 2 is 1.70 bits per heavy atom. The molecule has 7 nitrogen and oxygen atoms in total. The minimum atomic E-state index is -0.515. The van der Waals surface area contributed by atoms with Crippen LogP contribution in [0.25, 0.3) is 0 Å². The van der Waals surface area contributed by atoms with E-state index >= 15 is 0 Å². The molecule has 0 bridgehead atoms. The van der Waals surface area contributed by atoms with Crippen LogP contribution in [0.2, 0.25) is 0 Å². The van der Waals surface area contributed by atoms with E-state index in [0.29, 0.717) is 0 Å². The van der Waals surface area contributed by atoms with Crippen LogP contribution in [0.15, 0.2) is 18.3 Å². The standard InChI is InChI=1S/C16H23BN2O5.C3H8/c1-15(2)16(3,4)24-17(23-15)11-6-7-12(19-10-11)14(21)18-9-8-13(20)22-5;1-3-2/h6-7,10H,8-9H2,1-5H3,(H,18,21);3H2,1-2H3. The van der Waals surface area contributed by atoms with Crippen LogP contribution < -0.4 is 10.8 Å². The van der Waals surface area contributed by atoms with E-state index in [2.05, 4.69) is 28.9 Å². The Kier molecular flexibility index (Phi) is 8.43. The van der Waals surface area contributed by atoms with E-state index in [0.717, 1.165) is 5.46 Å². The smallest absolute Gasteiger partial charge is 0.469 e. The van der Waals surface area contributed by atoms with Crippen LogP contribution in [-0.4, -0.2) is 48.8 Å². The predicted molar refractivity (Wildman–Crippen MR) is 105 cm³/mol. The topological polar surface area (TPSA) is 86.8 Å². The molecule has 0 saturated carbocycles. The lowest BCUT2D eigenvalue weighted by molar-refractivity contribution is -0.140. The van der Waals surface area contributed by atoms with Crippen molar-refractivity contribution >= 4 is 24.5 Å². The normalized spacial score (nSPS) is 16.9. The molecule has 2 rings (SSSR count). The van der Waals surface area contributed by atoms with Gasteiger partial charge in [-0.05, 0) is 33.8 Å². The average molecular weight is 378 g/mol. The summed E-state index contributed by atoms with van der Waals surface area (Å²) in [5, 5.41) is 2.61. The maximum atomic E-state index is 12.0. The van der Waals surface area contributed by atoms with Crippen LogP contribution in [-0.2, 0) is 18.8 Å². The van der Waals surface area contributed by atoms with Crippen molar-refractivity contribution in [2.45, 2.75) is 65.6 Å². The first-order chi connectivity index (χ1) is 12.6. The summed E-state index contributed by atoms with van der Waals surface area (Å²) in [5.74, 6) is -0.723. The van der Waals surface area contributed by atoms with Gasteiger partial charge in [-0.1, -0.05) is 26.3 Å². The average Bonchev–Trinajstić information content (AvgIpc) is 2.83. The molecular formula is C19H31BN2O5. The number of rotatable bonds is 5. The van der Waals surface area contributed by atoms with Gasteiger partial charge in [0, 0.05) is 18.2 Å². The van der Waals surface area contributed by atoms with Crippen LogP contribution in [0.1, 0.15) is 64.9 Å². The van der Waals surface area contributed by atoms with Gasteiger partial charge in [0.15, 0.2) is 0 Å². The zero-order chi connectivity index (χ0) is 20.7. The third-order valence-corrected chi connectivity index (χ3v) is 4.39. The lowest BCUT2D eigenvalue weighted by Gasteiger charge is -2.32. The molecule has 1 aliphatic rings. The SMILES string of the molecule is CCC.COC(=O)CCNC(=O)c1ccc(B2OC(C)(C)C(C)(C)O2)cn1. The lowest BCUT2D eigenvalue weighted by atomic mass is 9.80. The number of amides is 1. The Balaban J connectivity index is 0.00000114. The summed E-state index contributed by atoms with van der Waals surface area (Å²) < 4.78 is 16.4. The van der Waals surface area contributed by atoms with Gasteiger partial charge in [0.25, 0.3) is 5.91 Å². The van der Waals surface area contributed by atoms with Crippen molar-refractivity contribution in [2.24, 2.45) is 0 Å². The van der Waals surface area contributed by atoms with Gasteiger partial charge in [-0.25, -0.2) is 0 Å². The number of pyridine rings is 1. The fraction of sp³-hybridized carbons (Fsp3) is 0.632. The number of nitrogens with zero attached hydrogens (tertiary/aromatic N) is 1. The van der Waals surface area contributed by atoms with Gasteiger partial charge >= 0.3 is 13.1 Å². The number of methoxy groups -OCH3 is 1. The molecule has 1 fully saturated rings. The van der Waals surface area contributed by atoms with Crippen molar-refractivity contribution in [2.75, 3.05) is 13.7 Å². The molecule has 2 heterocycles. The van der Waals surface area contributed by atoms with Crippen LogP contribution in [0.3, 0.4) is 0 Å². The predicted octanol–water partition coefficient (Wildman–Crippen LogP) is 2.09. The van der Waals surface area contributed by atoms with E-state index in [9.17, 15) is 9.59 Å². The van der Waals surface area contributed by atoms with Gasteiger partial charge in [-0.2, -0.15) is 0 Å². The van der Waals surface area contributed by atoms with Gasteiger partial charge in [0.2, 0.25) is 0 Å². The quantitative estimate of drug-likeness (QED) is 0.624. The molecule has 0 aromatic carbocycles. The molecule has 150 valence electrons. The monoisotopic (exact) mass is 378 g/mol. The molecule has 1 amide bonds. The molecule has 0 spiro atoms. The number of hydrogen-bond acceptors (Lipinski definition) is 6. The minimum Gasteiger partial charge on any atom is -0.469 e. The molecule has 1 aliphatic heterocycles. The Hall–Kier alpha value is -1.93. The highest BCUT2D eigenvalue weighted by atomic mass is 16.7. The van der Waals surface area contributed by atoms with Crippen LogP contribution in [0, 0.1) is 0 Å². The Labute approximate surface area is 162 Å². The molecule has 1 N–H and O–H groups in total. The number of carbonyl (C=O) groups excluding carboxylic acids is 2. The summed E-state index contributed by atoms with van der Waals surface area (Å²) >= 11 is 0. The third kappa shape index (κ3) is 6.32. The van der Waals surface area contributed by atoms with Crippen LogP contribution in [0.5, 0.6) is 0 Å². The fourth-order valence-corrected chi connectivity index (χ4v) is 2.13. The number of nitrogens with one attached hydrogen (secondary N) is 1. The number of esters is 1. The molecular weight excluding hydrogens is 347 g/mol. The van der Waals surface area contributed by atoms with E-state index < -0.39 is 18.3 Å². The highest BCUT2D eigenvalue weighted by Gasteiger charge is 2.51. The van der Waals surface area contributed by atoms with Crippen LogP contribution in [0.4, 0.5) is 0 Å². The molecule has 8 heteroatoms. The van der Waals surface area contributed by atoms with Crippen molar-refractivity contribution in [1.82, 2.24) is 10.3 Å². The van der Waals surface area contributed by atoms with E-state index in [4.69, 9.17) is 9.31 Å². The fourth-order valence-electron chi connectivity index (χ4n) is 2.13. The number of aromatic nitrogens is 1. The largest absolute Gasteiger partial charge is 0.496 e. The second-order valence-electron chi connectivity index (χ2n) is 7.35. The van der Waals surface area contributed by atoms with E-state index in [1.807, 2.05) is 27.7 Å². The second-order valence-corrected chi connectivity index (χ2v) is 7.35. The zero-order valence-corrected chi connectivity index (χ0v) is 17.4. The third-order valence-electron chi connectivity index (χ3n) is 4.39. The first-order valence-electron chi connectivity index (χ1n) is 9.24. The highest BCUT2D eigenvalue weighted by molar-refractivity contribution is 6.62. The van der Waals surface area contributed by atoms with E-state index in [1.165, 1.54) is 13.5 Å². The molecule has 0 radical (unpaired) electrons. The van der Waals surface area contributed by atoms with Gasteiger partial charge in [0.05, 0.1) is 24.7 Å². The summed E-state index contributed by atoms with van der Waals surface area (Å²) in [5.41, 5.74) is 0.156. The summed E-state index contributed by atoms with van der Waals surface area (Å²) in [6.07, 6.45) is 2.94. The second kappa shape index (κ2) is 9.85.